The Balaban J connectivity index is 1.35. The van der Waals surface area contributed by atoms with Crippen molar-refractivity contribution >= 4 is 17.5 Å². The monoisotopic (exact) mass is 381 g/mol. The molecular formula is C23H31N3O2. The average Bonchev–Trinajstić information content (AvgIpc) is 3.43. The summed E-state index contributed by atoms with van der Waals surface area (Å²) in [5.74, 6) is 0.507. The van der Waals surface area contributed by atoms with E-state index in [-0.39, 0.29) is 11.3 Å². The third-order valence-corrected chi connectivity index (χ3v) is 7.21. The summed E-state index contributed by atoms with van der Waals surface area (Å²) in [5, 5.41) is 0. The van der Waals surface area contributed by atoms with Crippen molar-refractivity contribution < 1.29 is 9.59 Å². The molecular weight excluding hydrogens is 350 g/mol. The maximum absolute atomic E-state index is 13.5. The van der Waals surface area contributed by atoms with Crippen molar-refractivity contribution in [1.82, 2.24) is 9.80 Å². The van der Waals surface area contributed by atoms with Crippen molar-refractivity contribution in [3.63, 3.8) is 0 Å². The van der Waals surface area contributed by atoms with Crippen molar-refractivity contribution in [2.45, 2.75) is 57.4 Å². The number of likely N-dealkylation sites (tertiary alicyclic amines) is 2. The second-order valence-corrected chi connectivity index (χ2v) is 9.29. The van der Waals surface area contributed by atoms with Crippen molar-refractivity contribution in [3.8, 4) is 0 Å². The summed E-state index contributed by atoms with van der Waals surface area (Å²) >= 11 is 0. The Kier molecular flexibility index (Phi) is 4.56. The molecule has 4 aliphatic rings. The lowest BCUT2D eigenvalue weighted by Crippen LogP contribution is -2.55. The van der Waals surface area contributed by atoms with Crippen molar-refractivity contribution in [2.24, 2.45) is 5.41 Å². The number of benzene rings is 1. The van der Waals surface area contributed by atoms with Crippen LogP contribution in [0.1, 0.15) is 61.7 Å². The van der Waals surface area contributed by atoms with E-state index in [1.54, 1.807) is 0 Å². The van der Waals surface area contributed by atoms with Crippen LogP contribution in [0, 0.1) is 5.41 Å². The molecule has 5 rings (SSSR count). The van der Waals surface area contributed by atoms with E-state index < -0.39 is 0 Å². The van der Waals surface area contributed by atoms with Gasteiger partial charge in [-0.15, -0.1) is 0 Å². The van der Waals surface area contributed by atoms with Crippen LogP contribution in [0.3, 0.4) is 0 Å². The van der Waals surface area contributed by atoms with Crippen LogP contribution in [0.25, 0.3) is 0 Å². The third kappa shape index (κ3) is 3.29. The number of amides is 2. The predicted octanol–water partition coefficient (Wildman–Crippen LogP) is 3.29. The molecule has 1 atom stereocenters. The molecule has 1 aliphatic carbocycles. The quantitative estimate of drug-likeness (QED) is 0.807. The van der Waals surface area contributed by atoms with E-state index in [0.29, 0.717) is 18.4 Å². The molecule has 0 radical (unpaired) electrons. The van der Waals surface area contributed by atoms with Gasteiger partial charge in [0.15, 0.2) is 0 Å². The fourth-order valence-electron chi connectivity index (χ4n) is 5.54. The van der Waals surface area contributed by atoms with E-state index >= 15 is 0 Å². The summed E-state index contributed by atoms with van der Waals surface area (Å²) in [7, 11) is 0. The highest BCUT2D eigenvalue weighted by Crippen LogP contribution is 2.43. The minimum absolute atomic E-state index is 0.104. The molecule has 1 unspecified atom stereocenters. The number of carbonyl (C=O) groups excluding carboxylic acids is 2. The van der Waals surface area contributed by atoms with Gasteiger partial charge in [-0.3, -0.25) is 9.59 Å². The van der Waals surface area contributed by atoms with Crippen molar-refractivity contribution in [3.05, 3.63) is 29.8 Å². The molecule has 150 valence electrons. The van der Waals surface area contributed by atoms with Crippen LogP contribution >= 0.6 is 0 Å². The minimum atomic E-state index is 0.104. The first-order valence-electron chi connectivity index (χ1n) is 11.1. The topological polar surface area (TPSA) is 43.9 Å². The Morgan fingerprint density at radius 1 is 0.964 bits per heavy atom. The number of para-hydroxylation sites is 1. The second-order valence-electron chi connectivity index (χ2n) is 9.29. The molecule has 2 amide bonds. The molecule has 0 N–H and O–H groups in total. The highest BCUT2D eigenvalue weighted by atomic mass is 16.2. The Morgan fingerprint density at radius 2 is 1.75 bits per heavy atom. The highest BCUT2D eigenvalue weighted by molar-refractivity contribution is 6.00. The number of nitrogens with zero attached hydrogens (tertiary/aromatic N) is 3. The van der Waals surface area contributed by atoms with Crippen LogP contribution in [0.15, 0.2) is 24.3 Å². The van der Waals surface area contributed by atoms with Crippen LogP contribution in [0.2, 0.25) is 0 Å². The Bertz CT molecular complexity index is 769. The zero-order chi connectivity index (χ0) is 19.1. The van der Waals surface area contributed by atoms with Crippen LogP contribution in [-0.4, -0.2) is 60.4 Å². The Morgan fingerprint density at radius 3 is 2.54 bits per heavy atom. The van der Waals surface area contributed by atoms with Gasteiger partial charge in [-0.1, -0.05) is 12.1 Å². The van der Waals surface area contributed by atoms with E-state index in [1.165, 1.54) is 12.8 Å². The molecule has 5 heteroatoms. The van der Waals surface area contributed by atoms with Gasteiger partial charge in [-0.2, -0.15) is 0 Å². The fourth-order valence-corrected chi connectivity index (χ4v) is 5.54. The number of carbonyl (C=O) groups is 2. The van der Waals surface area contributed by atoms with E-state index in [2.05, 4.69) is 20.8 Å². The van der Waals surface area contributed by atoms with Crippen molar-refractivity contribution in [2.75, 3.05) is 37.6 Å². The van der Waals surface area contributed by atoms with Gasteiger partial charge in [-0.25, -0.2) is 0 Å². The molecule has 1 spiro atoms. The van der Waals surface area contributed by atoms with Crippen molar-refractivity contribution in [1.29, 1.82) is 0 Å². The Labute approximate surface area is 167 Å². The fraction of sp³-hybridized carbons (Fsp3) is 0.652. The van der Waals surface area contributed by atoms with Crippen LogP contribution in [0.5, 0.6) is 0 Å². The van der Waals surface area contributed by atoms with E-state index in [9.17, 15) is 9.59 Å². The molecule has 3 aliphatic heterocycles. The molecule has 0 bridgehead atoms. The summed E-state index contributed by atoms with van der Waals surface area (Å²) in [4.78, 5) is 32.5. The average molecular weight is 382 g/mol. The lowest BCUT2D eigenvalue weighted by Gasteiger charge is -2.48. The lowest BCUT2D eigenvalue weighted by molar-refractivity contribution is -0.139. The van der Waals surface area contributed by atoms with Gasteiger partial charge in [0.25, 0.3) is 5.91 Å². The summed E-state index contributed by atoms with van der Waals surface area (Å²) in [6.07, 6.45) is 8.52. The third-order valence-electron chi connectivity index (χ3n) is 7.21. The number of piperidine rings is 2. The van der Waals surface area contributed by atoms with Crippen LogP contribution in [0.4, 0.5) is 5.69 Å². The lowest BCUT2D eigenvalue weighted by atomic mass is 9.73. The maximum Gasteiger partial charge on any atom is 0.255 e. The first kappa shape index (κ1) is 18.0. The van der Waals surface area contributed by atoms with Gasteiger partial charge in [0.1, 0.15) is 0 Å². The molecule has 28 heavy (non-hydrogen) atoms. The molecule has 1 saturated carbocycles. The molecule has 3 heterocycles. The number of rotatable bonds is 3. The van der Waals surface area contributed by atoms with Gasteiger partial charge in [0.05, 0.1) is 5.56 Å². The van der Waals surface area contributed by atoms with Crippen LogP contribution in [-0.2, 0) is 4.79 Å². The maximum atomic E-state index is 13.5. The first-order valence-corrected chi connectivity index (χ1v) is 11.1. The largest absolute Gasteiger partial charge is 0.371 e. The van der Waals surface area contributed by atoms with Crippen LogP contribution < -0.4 is 4.90 Å². The standard InChI is InChI=1S/C23H31N3O2/c27-21-10-12-23(17-26(21)18-8-9-18)11-5-15-25(16-23)22(28)19-6-1-2-7-20(19)24-13-3-4-14-24/h1-2,6-7,18H,3-5,8-17H2. The minimum Gasteiger partial charge on any atom is -0.371 e. The molecule has 1 aromatic carbocycles. The summed E-state index contributed by atoms with van der Waals surface area (Å²) in [6.45, 7) is 4.59. The summed E-state index contributed by atoms with van der Waals surface area (Å²) in [6, 6.07) is 8.61. The first-order chi connectivity index (χ1) is 13.7. The SMILES string of the molecule is O=C(c1ccccc1N1CCCC1)N1CCCC2(CCC(=O)N(C3CC3)C2)C1. The highest BCUT2D eigenvalue weighted by Gasteiger charge is 2.46. The molecule has 5 nitrogen and oxygen atoms in total. The van der Waals surface area contributed by atoms with Gasteiger partial charge in [0, 0.05) is 56.3 Å². The van der Waals surface area contributed by atoms with Gasteiger partial charge in [-0.05, 0) is 57.1 Å². The Hall–Kier alpha value is -2.04. The van der Waals surface area contributed by atoms with Gasteiger partial charge >= 0.3 is 0 Å². The zero-order valence-corrected chi connectivity index (χ0v) is 16.7. The number of anilines is 1. The van der Waals surface area contributed by atoms with E-state index in [4.69, 9.17) is 0 Å². The predicted molar refractivity (Wildman–Crippen MR) is 109 cm³/mol. The van der Waals surface area contributed by atoms with E-state index in [0.717, 1.165) is 76.1 Å². The smallest absolute Gasteiger partial charge is 0.255 e. The normalized spacial score (nSPS) is 28.3. The van der Waals surface area contributed by atoms with Gasteiger partial charge < -0.3 is 14.7 Å². The molecule has 0 aromatic heterocycles. The number of hydrogen-bond acceptors (Lipinski definition) is 3. The molecule has 4 fully saturated rings. The molecule has 1 aromatic rings. The molecule has 3 saturated heterocycles. The van der Waals surface area contributed by atoms with E-state index in [1.807, 2.05) is 18.2 Å². The van der Waals surface area contributed by atoms with Gasteiger partial charge in [0.2, 0.25) is 5.91 Å². The summed E-state index contributed by atoms with van der Waals surface area (Å²) < 4.78 is 0. The second kappa shape index (κ2) is 7.09. The number of hydrogen-bond donors (Lipinski definition) is 0. The zero-order valence-electron chi connectivity index (χ0n) is 16.7. The summed E-state index contributed by atoms with van der Waals surface area (Å²) in [5.41, 5.74) is 2.06.